The Labute approximate surface area is 138 Å². The van der Waals surface area contributed by atoms with Gasteiger partial charge < -0.3 is 5.11 Å². The first kappa shape index (κ1) is 16.1. The van der Waals surface area contributed by atoms with E-state index in [1.54, 1.807) is 12.1 Å². The van der Waals surface area contributed by atoms with Crippen LogP contribution in [0.1, 0.15) is 5.56 Å². The van der Waals surface area contributed by atoms with Gasteiger partial charge in [0.1, 0.15) is 11.4 Å². The van der Waals surface area contributed by atoms with Gasteiger partial charge >= 0.3 is 0 Å². The first-order valence-corrected chi connectivity index (χ1v) is 8.50. The highest BCUT2D eigenvalue weighted by atomic mass is 32.2. The SMILES string of the molecule is Cc1ccc2c(N=Nc3cccc(S(=O)(=O)O)c3)c(O)ccc2c1. The minimum absolute atomic E-state index is 0.0268. The van der Waals surface area contributed by atoms with E-state index >= 15 is 0 Å². The van der Waals surface area contributed by atoms with E-state index in [1.165, 1.54) is 24.3 Å². The molecule has 6 nitrogen and oxygen atoms in total. The van der Waals surface area contributed by atoms with Crippen molar-refractivity contribution >= 4 is 32.3 Å². The second-order valence-corrected chi connectivity index (χ2v) is 6.75. The summed E-state index contributed by atoms with van der Waals surface area (Å²) in [6, 6.07) is 14.5. The van der Waals surface area contributed by atoms with Crippen molar-refractivity contribution < 1.29 is 18.1 Å². The van der Waals surface area contributed by atoms with Crippen LogP contribution >= 0.6 is 0 Å². The Morgan fingerprint density at radius 2 is 1.75 bits per heavy atom. The number of azo groups is 1. The largest absolute Gasteiger partial charge is 0.506 e. The van der Waals surface area contributed by atoms with Crippen LogP contribution in [-0.2, 0) is 10.1 Å². The average molecular weight is 342 g/mol. The zero-order valence-corrected chi connectivity index (χ0v) is 13.5. The molecular weight excluding hydrogens is 328 g/mol. The van der Waals surface area contributed by atoms with Gasteiger partial charge in [-0.3, -0.25) is 4.55 Å². The predicted molar refractivity (Wildman–Crippen MR) is 90.8 cm³/mol. The fourth-order valence-electron chi connectivity index (χ4n) is 2.34. The van der Waals surface area contributed by atoms with Gasteiger partial charge in [-0.05, 0) is 36.6 Å². The molecule has 3 aromatic rings. The normalized spacial score (nSPS) is 12.1. The molecule has 0 saturated heterocycles. The molecule has 0 bridgehead atoms. The second kappa shape index (κ2) is 6.03. The standard InChI is InChI=1S/C17H14N2O4S/c1-11-5-7-15-12(9-11)6-8-16(20)17(15)19-18-13-3-2-4-14(10-13)24(21,22)23/h2-10,20H,1H3,(H,21,22,23). The summed E-state index contributed by atoms with van der Waals surface area (Å²) in [6.45, 7) is 1.97. The van der Waals surface area contributed by atoms with Crippen molar-refractivity contribution in [3.8, 4) is 5.75 Å². The topological polar surface area (TPSA) is 99.3 Å². The minimum atomic E-state index is -4.31. The lowest BCUT2D eigenvalue weighted by Crippen LogP contribution is -1.96. The van der Waals surface area contributed by atoms with Gasteiger partial charge in [0.15, 0.2) is 0 Å². The number of phenolic OH excluding ortho intramolecular Hbond substituents is 1. The van der Waals surface area contributed by atoms with E-state index in [1.807, 2.05) is 25.1 Å². The van der Waals surface area contributed by atoms with Gasteiger partial charge in [0.05, 0.1) is 10.6 Å². The summed E-state index contributed by atoms with van der Waals surface area (Å²) in [6.07, 6.45) is 0. The average Bonchev–Trinajstić information content (AvgIpc) is 2.53. The van der Waals surface area contributed by atoms with Crippen LogP contribution in [0.4, 0.5) is 11.4 Å². The van der Waals surface area contributed by atoms with Crippen LogP contribution in [0, 0.1) is 6.92 Å². The molecule has 0 unspecified atom stereocenters. The number of phenols is 1. The molecule has 0 aromatic heterocycles. The molecule has 0 saturated carbocycles. The van der Waals surface area contributed by atoms with Crippen LogP contribution in [0.25, 0.3) is 10.8 Å². The molecule has 0 aliphatic heterocycles. The van der Waals surface area contributed by atoms with Crippen molar-refractivity contribution in [1.82, 2.24) is 0 Å². The van der Waals surface area contributed by atoms with Gasteiger partial charge in [-0.1, -0.05) is 35.9 Å². The van der Waals surface area contributed by atoms with Gasteiger partial charge in [0, 0.05) is 5.39 Å². The maximum atomic E-state index is 11.2. The molecule has 7 heteroatoms. The molecule has 0 amide bonds. The Hall–Kier alpha value is -2.77. The lowest BCUT2D eigenvalue weighted by atomic mass is 10.1. The van der Waals surface area contributed by atoms with Crippen LogP contribution < -0.4 is 0 Å². The quantitative estimate of drug-likeness (QED) is 0.540. The van der Waals surface area contributed by atoms with Gasteiger partial charge in [-0.25, -0.2) is 0 Å². The molecule has 0 spiro atoms. The summed E-state index contributed by atoms with van der Waals surface area (Å²) in [7, 11) is -4.31. The maximum absolute atomic E-state index is 11.2. The molecule has 0 aliphatic carbocycles. The molecule has 3 rings (SSSR count). The fraction of sp³-hybridized carbons (Fsp3) is 0.0588. The molecule has 24 heavy (non-hydrogen) atoms. The Morgan fingerprint density at radius 1 is 0.958 bits per heavy atom. The Morgan fingerprint density at radius 3 is 2.50 bits per heavy atom. The van der Waals surface area contributed by atoms with E-state index < -0.39 is 10.1 Å². The second-order valence-electron chi connectivity index (χ2n) is 5.33. The first-order valence-electron chi connectivity index (χ1n) is 7.06. The summed E-state index contributed by atoms with van der Waals surface area (Å²) in [5.74, 6) is -0.0268. The third-order valence-electron chi connectivity index (χ3n) is 3.51. The van der Waals surface area contributed by atoms with E-state index in [-0.39, 0.29) is 16.3 Å². The van der Waals surface area contributed by atoms with E-state index in [0.717, 1.165) is 16.3 Å². The number of hydrogen-bond donors (Lipinski definition) is 2. The van der Waals surface area contributed by atoms with E-state index in [0.29, 0.717) is 5.69 Å². The van der Waals surface area contributed by atoms with Gasteiger partial charge in [-0.2, -0.15) is 13.5 Å². The number of fused-ring (bicyclic) bond motifs is 1. The number of nitrogens with zero attached hydrogens (tertiary/aromatic N) is 2. The fourth-order valence-corrected chi connectivity index (χ4v) is 2.86. The number of hydrogen-bond acceptors (Lipinski definition) is 5. The van der Waals surface area contributed by atoms with E-state index in [4.69, 9.17) is 4.55 Å². The Bertz CT molecular complexity index is 1060. The lowest BCUT2D eigenvalue weighted by Gasteiger charge is -2.05. The summed E-state index contributed by atoms with van der Waals surface area (Å²) in [5, 5.41) is 19.7. The maximum Gasteiger partial charge on any atom is 0.294 e. The van der Waals surface area contributed by atoms with Gasteiger partial charge in [0.25, 0.3) is 10.1 Å². The highest BCUT2D eigenvalue weighted by Gasteiger charge is 2.10. The van der Waals surface area contributed by atoms with Crippen LogP contribution in [0.5, 0.6) is 5.75 Å². The van der Waals surface area contributed by atoms with Crippen molar-refractivity contribution in [3.05, 3.63) is 60.2 Å². The highest BCUT2D eigenvalue weighted by molar-refractivity contribution is 7.85. The van der Waals surface area contributed by atoms with Crippen molar-refractivity contribution in [2.45, 2.75) is 11.8 Å². The minimum Gasteiger partial charge on any atom is -0.506 e. The van der Waals surface area contributed by atoms with Crippen LogP contribution in [-0.4, -0.2) is 18.1 Å². The number of rotatable bonds is 3. The summed E-state index contributed by atoms with van der Waals surface area (Å²) >= 11 is 0. The molecule has 3 aromatic carbocycles. The van der Waals surface area contributed by atoms with Crippen molar-refractivity contribution in [2.24, 2.45) is 10.2 Å². The van der Waals surface area contributed by atoms with E-state index in [9.17, 15) is 13.5 Å². The molecule has 0 heterocycles. The third-order valence-corrected chi connectivity index (χ3v) is 4.36. The zero-order chi connectivity index (χ0) is 17.3. The lowest BCUT2D eigenvalue weighted by molar-refractivity contribution is 0.477. The molecule has 0 atom stereocenters. The number of aryl methyl sites for hydroxylation is 1. The van der Waals surface area contributed by atoms with Crippen LogP contribution in [0.15, 0.2) is 69.7 Å². The molecule has 0 fully saturated rings. The van der Waals surface area contributed by atoms with Crippen molar-refractivity contribution in [3.63, 3.8) is 0 Å². The molecule has 2 N–H and O–H groups in total. The van der Waals surface area contributed by atoms with Crippen molar-refractivity contribution in [1.29, 1.82) is 0 Å². The monoisotopic (exact) mass is 342 g/mol. The van der Waals surface area contributed by atoms with Gasteiger partial charge in [0.2, 0.25) is 0 Å². The van der Waals surface area contributed by atoms with Crippen LogP contribution in [0.2, 0.25) is 0 Å². The smallest absolute Gasteiger partial charge is 0.294 e. The first-order chi connectivity index (χ1) is 11.3. The third kappa shape index (κ3) is 3.27. The predicted octanol–water partition coefficient (Wildman–Crippen LogP) is 4.52. The van der Waals surface area contributed by atoms with Gasteiger partial charge in [-0.15, -0.1) is 5.11 Å². The number of aromatic hydroxyl groups is 1. The molecule has 0 radical (unpaired) electrons. The summed E-state index contributed by atoms with van der Waals surface area (Å²) in [4.78, 5) is -0.267. The molecular formula is C17H14N2O4S. The Balaban J connectivity index is 2.07. The summed E-state index contributed by atoms with van der Waals surface area (Å²) in [5.41, 5.74) is 1.62. The molecule has 122 valence electrons. The molecule has 0 aliphatic rings. The highest BCUT2D eigenvalue weighted by Crippen LogP contribution is 2.36. The van der Waals surface area contributed by atoms with Crippen molar-refractivity contribution in [2.75, 3.05) is 0 Å². The summed E-state index contributed by atoms with van der Waals surface area (Å²) < 4.78 is 31.4. The Kier molecular flexibility index (Phi) is 4.04. The van der Waals surface area contributed by atoms with E-state index in [2.05, 4.69) is 10.2 Å². The van der Waals surface area contributed by atoms with Crippen LogP contribution in [0.3, 0.4) is 0 Å². The zero-order valence-electron chi connectivity index (χ0n) is 12.7. The number of benzene rings is 3.